The predicted octanol–water partition coefficient (Wildman–Crippen LogP) is 3.59. The Morgan fingerprint density at radius 2 is 1.48 bits per heavy atom. The molecule has 2 rings (SSSR count). The average molecular weight is 333 g/mol. The number of benzene rings is 2. The summed E-state index contributed by atoms with van der Waals surface area (Å²) in [5.41, 5.74) is 7.24. The number of carbonyl (C=O) groups is 1. The second kappa shape index (κ2) is 8.14. The van der Waals surface area contributed by atoms with E-state index in [1.165, 1.54) is 5.56 Å². The summed E-state index contributed by atoms with van der Waals surface area (Å²) in [7, 11) is 0. The van der Waals surface area contributed by atoms with Gasteiger partial charge >= 0.3 is 0 Å². The molecule has 0 aliphatic rings. The predicted molar refractivity (Wildman–Crippen MR) is 97.7 cm³/mol. The van der Waals surface area contributed by atoms with Crippen LogP contribution >= 0.6 is 12.4 Å². The van der Waals surface area contributed by atoms with E-state index in [4.69, 9.17) is 5.73 Å². The van der Waals surface area contributed by atoms with E-state index in [1.54, 1.807) is 6.92 Å². The molecule has 0 aliphatic heterocycles. The largest absolute Gasteiger partial charge is 0.351 e. The molecule has 3 atom stereocenters. The summed E-state index contributed by atoms with van der Waals surface area (Å²) in [6, 6.07) is 19.6. The second-order valence-electron chi connectivity index (χ2n) is 6.03. The van der Waals surface area contributed by atoms with E-state index >= 15 is 0 Å². The maximum absolute atomic E-state index is 12.6. The van der Waals surface area contributed by atoms with E-state index in [1.807, 2.05) is 55.5 Å². The number of carbonyl (C=O) groups excluding carboxylic acids is 1. The lowest BCUT2D eigenvalue weighted by Gasteiger charge is -2.29. The van der Waals surface area contributed by atoms with Crippen LogP contribution in [0.25, 0.3) is 0 Å². The van der Waals surface area contributed by atoms with Gasteiger partial charge < -0.3 is 11.1 Å². The zero-order chi connectivity index (χ0) is 16.2. The molecule has 0 saturated heterocycles. The quantitative estimate of drug-likeness (QED) is 0.879. The van der Waals surface area contributed by atoms with Crippen molar-refractivity contribution in [2.75, 3.05) is 0 Å². The van der Waals surface area contributed by atoms with Crippen LogP contribution in [0.3, 0.4) is 0 Å². The van der Waals surface area contributed by atoms with Crippen molar-refractivity contribution < 1.29 is 4.79 Å². The van der Waals surface area contributed by atoms with Crippen molar-refractivity contribution in [2.24, 2.45) is 5.73 Å². The van der Waals surface area contributed by atoms with Gasteiger partial charge in [-0.1, -0.05) is 67.6 Å². The summed E-state index contributed by atoms with van der Waals surface area (Å²) >= 11 is 0. The first-order valence-corrected chi connectivity index (χ1v) is 7.63. The Hall–Kier alpha value is -1.84. The van der Waals surface area contributed by atoms with Gasteiger partial charge in [0.25, 0.3) is 0 Å². The highest BCUT2D eigenvalue weighted by molar-refractivity contribution is 5.87. The summed E-state index contributed by atoms with van der Waals surface area (Å²) in [6.45, 7) is 5.87. The molecule has 4 heteroatoms. The van der Waals surface area contributed by atoms with Crippen LogP contribution in [0, 0.1) is 0 Å². The van der Waals surface area contributed by atoms with Gasteiger partial charge in [0.2, 0.25) is 5.91 Å². The highest BCUT2D eigenvalue weighted by Crippen LogP contribution is 2.21. The molecular weight excluding hydrogens is 308 g/mol. The Morgan fingerprint density at radius 3 is 2.00 bits per heavy atom. The van der Waals surface area contributed by atoms with Gasteiger partial charge in [0, 0.05) is 12.0 Å². The Bertz CT molecular complexity index is 614. The zero-order valence-electron chi connectivity index (χ0n) is 13.8. The molecule has 0 spiro atoms. The lowest BCUT2D eigenvalue weighted by molar-refractivity contribution is -0.126. The van der Waals surface area contributed by atoms with E-state index in [0.29, 0.717) is 0 Å². The van der Waals surface area contributed by atoms with E-state index < -0.39 is 5.54 Å². The van der Waals surface area contributed by atoms with Crippen LogP contribution < -0.4 is 11.1 Å². The van der Waals surface area contributed by atoms with Crippen LogP contribution in [-0.4, -0.2) is 11.9 Å². The van der Waals surface area contributed by atoms with Crippen LogP contribution in [0.1, 0.15) is 37.8 Å². The topological polar surface area (TPSA) is 55.1 Å². The molecule has 0 radical (unpaired) electrons. The molecule has 3 unspecified atom stereocenters. The molecule has 0 heterocycles. The minimum atomic E-state index is -1.04. The number of rotatable bonds is 5. The van der Waals surface area contributed by atoms with Crippen LogP contribution in [-0.2, 0) is 10.3 Å². The van der Waals surface area contributed by atoms with Crippen molar-refractivity contribution in [3.63, 3.8) is 0 Å². The van der Waals surface area contributed by atoms with Crippen LogP contribution in [0.5, 0.6) is 0 Å². The van der Waals surface area contributed by atoms with Gasteiger partial charge in [-0.3, -0.25) is 4.79 Å². The third-order valence-electron chi connectivity index (χ3n) is 4.28. The summed E-state index contributed by atoms with van der Waals surface area (Å²) in [4.78, 5) is 12.6. The first-order chi connectivity index (χ1) is 10.4. The van der Waals surface area contributed by atoms with Crippen molar-refractivity contribution in [1.29, 1.82) is 0 Å². The first-order valence-electron chi connectivity index (χ1n) is 7.63. The fourth-order valence-electron chi connectivity index (χ4n) is 2.44. The van der Waals surface area contributed by atoms with Crippen LogP contribution in [0.2, 0.25) is 0 Å². The Labute approximate surface area is 144 Å². The molecule has 0 fully saturated rings. The third kappa shape index (κ3) is 4.57. The summed E-state index contributed by atoms with van der Waals surface area (Å²) in [5, 5.41) is 3.05. The maximum Gasteiger partial charge on any atom is 0.244 e. The third-order valence-corrected chi connectivity index (χ3v) is 4.28. The second-order valence-corrected chi connectivity index (χ2v) is 6.03. The molecule has 2 aromatic rings. The molecule has 3 nitrogen and oxygen atoms in total. The van der Waals surface area contributed by atoms with Crippen molar-refractivity contribution in [2.45, 2.75) is 38.3 Å². The number of nitrogens with one attached hydrogen (secondary N) is 1. The van der Waals surface area contributed by atoms with Gasteiger partial charge in [-0.15, -0.1) is 12.4 Å². The summed E-state index contributed by atoms with van der Waals surface area (Å²) < 4.78 is 0. The van der Waals surface area contributed by atoms with Gasteiger partial charge in [0.05, 0.1) is 0 Å². The van der Waals surface area contributed by atoms with Crippen molar-refractivity contribution in [1.82, 2.24) is 5.32 Å². The molecule has 0 bridgehead atoms. The van der Waals surface area contributed by atoms with Gasteiger partial charge in [-0.05, 0) is 25.0 Å². The number of hydrogen-bond donors (Lipinski definition) is 2. The van der Waals surface area contributed by atoms with E-state index in [-0.39, 0.29) is 30.3 Å². The van der Waals surface area contributed by atoms with E-state index in [9.17, 15) is 4.79 Å². The maximum atomic E-state index is 12.6. The van der Waals surface area contributed by atoms with Crippen molar-refractivity contribution in [3.05, 3.63) is 71.8 Å². The Kier molecular flexibility index (Phi) is 6.79. The monoisotopic (exact) mass is 332 g/mol. The van der Waals surface area contributed by atoms with Crippen LogP contribution in [0.15, 0.2) is 60.7 Å². The number of halogens is 1. The lowest BCUT2D eigenvalue weighted by atomic mass is 9.90. The van der Waals surface area contributed by atoms with Gasteiger partial charge in [0.1, 0.15) is 5.54 Å². The van der Waals surface area contributed by atoms with E-state index in [0.717, 1.165) is 5.56 Å². The van der Waals surface area contributed by atoms with Crippen molar-refractivity contribution in [3.8, 4) is 0 Å². The number of amides is 1. The van der Waals surface area contributed by atoms with Gasteiger partial charge in [-0.2, -0.15) is 0 Å². The van der Waals surface area contributed by atoms with Crippen molar-refractivity contribution >= 4 is 18.3 Å². The SMILES string of the molecule is CC(NC(=O)C(C)(N)c1ccccc1)C(C)c1ccccc1.Cl. The normalized spacial score (nSPS) is 15.7. The molecule has 124 valence electrons. The standard InChI is InChI=1S/C19H24N2O.ClH/c1-14(16-10-6-4-7-11-16)15(2)21-18(22)19(3,20)17-12-8-5-9-13-17;/h4-15H,20H2,1-3H3,(H,21,22);1H. The average Bonchev–Trinajstić information content (AvgIpc) is 2.55. The highest BCUT2D eigenvalue weighted by atomic mass is 35.5. The lowest BCUT2D eigenvalue weighted by Crippen LogP contribution is -2.52. The fourth-order valence-corrected chi connectivity index (χ4v) is 2.44. The molecule has 0 saturated carbocycles. The van der Waals surface area contributed by atoms with Gasteiger partial charge in [-0.25, -0.2) is 0 Å². The molecular formula is C19H25ClN2O. The summed E-state index contributed by atoms with van der Waals surface area (Å²) in [6.07, 6.45) is 0. The minimum absolute atomic E-state index is 0. The fraction of sp³-hybridized carbons (Fsp3) is 0.316. The molecule has 3 N–H and O–H groups in total. The minimum Gasteiger partial charge on any atom is -0.351 e. The molecule has 23 heavy (non-hydrogen) atoms. The number of hydrogen-bond acceptors (Lipinski definition) is 2. The summed E-state index contributed by atoms with van der Waals surface area (Å²) in [5.74, 6) is 0.0608. The first kappa shape index (κ1) is 19.2. The molecule has 0 aromatic heterocycles. The molecule has 2 aromatic carbocycles. The molecule has 1 amide bonds. The zero-order valence-corrected chi connectivity index (χ0v) is 14.6. The van der Waals surface area contributed by atoms with Gasteiger partial charge in [0.15, 0.2) is 0 Å². The highest BCUT2D eigenvalue weighted by Gasteiger charge is 2.32. The van der Waals surface area contributed by atoms with E-state index in [2.05, 4.69) is 24.4 Å². The smallest absolute Gasteiger partial charge is 0.244 e. The Balaban J connectivity index is 0.00000264. The number of nitrogens with two attached hydrogens (primary N) is 1. The molecule has 0 aliphatic carbocycles. The van der Waals surface area contributed by atoms with Crippen LogP contribution in [0.4, 0.5) is 0 Å². The Morgan fingerprint density at radius 1 is 1.00 bits per heavy atom.